The molecular formula is C10H20O2. The second-order valence-electron chi connectivity index (χ2n) is 2.63. The Labute approximate surface area is 75.6 Å². The van der Waals surface area contributed by atoms with Crippen molar-refractivity contribution < 1.29 is 9.47 Å². The highest BCUT2D eigenvalue weighted by atomic mass is 16.5. The molecule has 0 bridgehead atoms. The molecule has 0 aromatic carbocycles. The summed E-state index contributed by atoms with van der Waals surface area (Å²) in [6.45, 7) is 4.58. The molecule has 0 atom stereocenters. The summed E-state index contributed by atoms with van der Waals surface area (Å²) in [5, 5.41) is 0. The first-order valence-corrected chi connectivity index (χ1v) is 4.63. The Kier molecular flexibility index (Phi) is 10.4. The lowest BCUT2D eigenvalue weighted by molar-refractivity contribution is 0.106. The van der Waals surface area contributed by atoms with Crippen LogP contribution in [0.3, 0.4) is 0 Å². The van der Waals surface area contributed by atoms with Crippen LogP contribution in [0.2, 0.25) is 0 Å². The van der Waals surface area contributed by atoms with Gasteiger partial charge in [-0.25, -0.2) is 0 Å². The summed E-state index contributed by atoms with van der Waals surface area (Å²) in [5.74, 6) is 0. The van der Waals surface area contributed by atoms with E-state index in [4.69, 9.17) is 9.47 Å². The lowest BCUT2D eigenvalue weighted by atomic mass is 10.3. The SMILES string of the molecule is CCC=CCCOCCCOC. The van der Waals surface area contributed by atoms with Crippen LogP contribution in [0, 0.1) is 0 Å². The van der Waals surface area contributed by atoms with Gasteiger partial charge in [-0.3, -0.25) is 0 Å². The van der Waals surface area contributed by atoms with Crippen LogP contribution < -0.4 is 0 Å². The Morgan fingerprint density at radius 2 is 1.92 bits per heavy atom. The predicted octanol–water partition coefficient (Wildman–Crippen LogP) is 2.40. The average molecular weight is 172 g/mol. The Morgan fingerprint density at radius 3 is 2.58 bits per heavy atom. The number of hydrogen-bond donors (Lipinski definition) is 0. The van der Waals surface area contributed by atoms with Crippen molar-refractivity contribution in [1.29, 1.82) is 0 Å². The van der Waals surface area contributed by atoms with E-state index in [1.807, 2.05) is 0 Å². The van der Waals surface area contributed by atoms with Gasteiger partial charge in [0.2, 0.25) is 0 Å². The molecule has 0 amide bonds. The third kappa shape index (κ3) is 9.66. The smallest absolute Gasteiger partial charge is 0.0500 e. The molecule has 0 unspecified atom stereocenters. The van der Waals surface area contributed by atoms with Crippen molar-refractivity contribution in [2.45, 2.75) is 26.2 Å². The van der Waals surface area contributed by atoms with Crippen LogP contribution in [0.5, 0.6) is 0 Å². The van der Waals surface area contributed by atoms with E-state index in [0.717, 1.165) is 39.1 Å². The van der Waals surface area contributed by atoms with Gasteiger partial charge in [0, 0.05) is 20.3 Å². The van der Waals surface area contributed by atoms with E-state index in [1.54, 1.807) is 7.11 Å². The zero-order valence-corrected chi connectivity index (χ0v) is 8.21. The topological polar surface area (TPSA) is 18.5 Å². The zero-order chi connectivity index (χ0) is 9.07. The van der Waals surface area contributed by atoms with Crippen LogP contribution >= 0.6 is 0 Å². The maximum atomic E-state index is 5.35. The van der Waals surface area contributed by atoms with Crippen LogP contribution in [0.1, 0.15) is 26.2 Å². The van der Waals surface area contributed by atoms with Crippen LogP contribution in [0.25, 0.3) is 0 Å². The molecular weight excluding hydrogens is 152 g/mol. The maximum Gasteiger partial charge on any atom is 0.0500 e. The molecule has 2 heteroatoms. The van der Waals surface area contributed by atoms with Gasteiger partial charge in [-0.05, 0) is 19.3 Å². The lowest BCUT2D eigenvalue weighted by Gasteiger charge is -2.00. The fraction of sp³-hybridized carbons (Fsp3) is 0.800. The summed E-state index contributed by atoms with van der Waals surface area (Å²) in [6, 6.07) is 0. The highest BCUT2D eigenvalue weighted by Gasteiger charge is 1.86. The van der Waals surface area contributed by atoms with Gasteiger partial charge in [-0.1, -0.05) is 19.1 Å². The van der Waals surface area contributed by atoms with E-state index in [0.29, 0.717) is 0 Å². The summed E-state index contributed by atoms with van der Waals surface area (Å²) in [7, 11) is 1.71. The minimum absolute atomic E-state index is 0.796. The number of methoxy groups -OCH3 is 1. The molecule has 0 spiro atoms. The van der Waals surface area contributed by atoms with Gasteiger partial charge in [0.25, 0.3) is 0 Å². The summed E-state index contributed by atoms with van der Waals surface area (Å²) in [6.07, 6.45) is 7.47. The Balaban J connectivity index is 2.86. The molecule has 0 rings (SSSR count). The number of hydrogen-bond acceptors (Lipinski definition) is 2. The van der Waals surface area contributed by atoms with E-state index >= 15 is 0 Å². The van der Waals surface area contributed by atoms with Crippen LogP contribution in [-0.4, -0.2) is 26.9 Å². The maximum absolute atomic E-state index is 5.35. The van der Waals surface area contributed by atoms with Crippen molar-refractivity contribution in [1.82, 2.24) is 0 Å². The number of rotatable bonds is 8. The van der Waals surface area contributed by atoms with Gasteiger partial charge in [0.1, 0.15) is 0 Å². The Bertz CT molecular complexity index is 100. The van der Waals surface area contributed by atoms with E-state index in [1.165, 1.54) is 0 Å². The summed E-state index contributed by atoms with van der Waals surface area (Å²) in [4.78, 5) is 0. The van der Waals surface area contributed by atoms with Crippen LogP contribution in [0.15, 0.2) is 12.2 Å². The molecule has 12 heavy (non-hydrogen) atoms. The minimum atomic E-state index is 0.796. The first-order valence-electron chi connectivity index (χ1n) is 4.63. The largest absolute Gasteiger partial charge is 0.385 e. The molecule has 0 aliphatic heterocycles. The highest BCUT2D eigenvalue weighted by molar-refractivity contribution is 4.79. The first-order chi connectivity index (χ1) is 5.91. The van der Waals surface area contributed by atoms with Gasteiger partial charge in [-0.2, -0.15) is 0 Å². The summed E-state index contributed by atoms with van der Waals surface area (Å²) in [5.41, 5.74) is 0. The zero-order valence-electron chi connectivity index (χ0n) is 8.21. The van der Waals surface area contributed by atoms with Gasteiger partial charge in [0.05, 0.1) is 6.61 Å². The van der Waals surface area contributed by atoms with Gasteiger partial charge in [0.15, 0.2) is 0 Å². The Hall–Kier alpha value is -0.340. The number of allylic oxidation sites excluding steroid dienone is 1. The third-order valence-electron chi connectivity index (χ3n) is 1.47. The molecule has 0 saturated heterocycles. The van der Waals surface area contributed by atoms with E-state index < -0.39 is 0 Å². The van der Waals surface area contributed by atoms with Crippen molar-refractivity contribution >= 4 is 0 Å². The van der Waals surface area contributed by atoms with Crippen molar-refractivity contribution in [3.05, 3.63) is 12.2 Å². The van der Waals surface area contributed by atoms with E-state index in [-0.39, 0.29) is 0 Å². The van der Waals surface area contributed by atoms with Gasteiger partial charge >= 0.3 is 0 Å². The van der Waals surface area contributed by atoms with Crippen molar-refractivity contribution in [3.8, 4) is 0 Å². The van der Waals surface area contributed by atoms with Crippen molar-refractivity contribution in [2.24, 2.45) is 0 Å². The second kappa shape index (κ2) is 10.7. The van der Waals surface area contributed by atoms with E-state index in [2.05, 4.69) is 19.1 Å². The molecule has 0 aliphatic carbocycles. The fourth-order valence-electron chi connectivity index (χ4n) is 0.843. The molecule has 72 valence electrons. The Morgan fingerprint density at radius 1 is 1.08 bits per heavy atom. The predicted molar refractivity (Wildman–Crippen MR) is 51.4 cm³/mol. The molecule has 0 radical (unpaired) electrons. The average Bonchev–Trinajstić information content (AvgIpc) is 2.10. The molecule has 0 aromatic heterocycles. The molecule has 0 aromatic rings. The molecule has 0 fully saturated rings. The van der Waals surface area contributed by atoms with Crippen molar-refractivity contribution in [2.75, 3.05) is 26.9 Å². The number of ether oxygens (including phenoxy) is 2. The van der Waals surface area contributed by atoms with Gasteiger partial charge < -0.3 is 9.47 Å². The molecule has 0 saturated carbocycles. The van der Waals surface area contributed by atoms with Gasteiger partial charge in [-0.15, -0.1) is 0 Å². The summed E-state index contributed by atoms with van der Waals surface area (Å²) >= 11 is 0. The highest BCUT2D eigenvalue weighted by Crippen LogP contribution is 1.89. The van der Waals surface area contributed by atoms with E-state index in [9.17, 15) is 0 Å². The molecule has 0 heterocycles. The van der Waals surface area contributed by atoms with Crippen LogP contribution in [0.4, 0.5) is 0 Å². The summed E-state index contributed by atoms with van der Waals surface area (Å²) < 4.78 is 10.2. The monoisotopic (exact) mass is 172 g/mol. The third-order valence-corrected chi connectivity index (χ3v) is 1.47. The fourth-order valence-corrected chi connectivity index (χ4v) is 0.843. The normalized spacial score (nSPS) is 11.2. The second-order valence-corrected chi connectivity index (χ2v) is 2.63. The molecule has 2 nitrogen and oxygen atoms in total. The minimum Gasteiger partial charge on any atom is -0.385 e. The first kappa shape index (κ1) is 11.7. The quantitative estimate of drug-likeness (QED) is 0.413. The standard InChI is InChI=1S/C10H20O2/c1-3-4-5-6-9-12-10-7-8-11-2/h4-5H,3,6-10H2,1-2H3. The molecule has 0 N–H and O–H groups in total. The lowest BCUT2D eigenvalue weighted by Crippen LogP contribution is -1.99. The van der Waals surface area contributed by atoms with Crippen LogP contribution in [-0.2, 0) is 9.47 Å². The molecule has 0 aliphatic rings. The van der Waals surface area contributed by atoms with Crippen molar-refractivity contribution in [3.63, 3.8) is 0 Å².